The zero-order chi connectivity index (χ0) is 13.2. The fraction of sp³-hybridized carbons (Fsp3) is 0.267. The number of thiophene rings is 1. The molecule has 0 saturated carbocycles. The van der Waals surface area contributed by atoms with Crippen molar-refractivity contribution in [1.82, 2.24) is 4.90 Å². The van der Waals surface area contributed by atoms with E-state index in [1.54, 1.807) is 23.5 Å². The molecule has 2 aromatic rings. The number of nitriles is 1. The van der Waals surface area contributed by atoms with Crippen LogP contribution in [0.3, 0.4) is 0 Å². The van der Waals surface area contributed by atoms with Crippen LogP contribution in [-0.2, 0) is 13.0 Å². The van der Waals surface area contributed by atoms with E-state index in [1.807, 2.05) is 0 Å². The minimum absolute atomic E-state index is 0.265. The van der Waals surface area contributed by atoms with Gasteiger partial charge in [-0.2, -0.15) is 5.26 Å². The maximum atomic E-state index is 13.0. The summed E-state index contributed by atoms with van der Waals surface area (Å²) < 4.78 is 13.0. The highest BCUT2D eigenvalue weighted by atomic mass is 32.1. The quantitative estimate of drug-likeness (QED) is 0.836. The molecule has 1 aliphatic heterocycles. The molecule has 0 amide bonds. The molecule has 96 valence electrons. The lowest BCUT2D eigenvalue weighted by Gasteiger charge is -2.30. The molecular weight excluding hydrogens is 259 g/mol. The number of hydrogen-bond donors (Lipinski definition) is 0. The van der Waals surface area contributed by atoms with Gasteiger partial charge in [0.2, 0.25) is 0 Å². The minimum atomic E-state index is -0.298. The van der Waals surface area contributed by atoms with Gasteiger partial charge in [-0.05, 0) is 41.1 Å². The first-order valence-corrected chi connectivity index (χ1v) is 7.10. The van der Waals surface area contributed by atoms with Gasteiger partial charge in [0.1, 0.15) is 11.9 Å². The van der Waals surface area contributed by atoms with Crippen LogP contribution in [0.1, 0.15) is 22.0 Å². The molecule has 0 aliphatic carbocycles. The summed E-state index contributed by atoms with van der Waals surface area (Å²) in [4.78, 5) is 3.58. The molecule has 1 aromatic heterocycles. The van der Waals surface area contributed by atoms with Crippen molar-refractivity contribution in [3.63, 3.8) is 0 Å². The Bertz CT molecular complexity index is 612. The van der Waals surface area contributed by atoms with Crippen molar-refractivity contribution in [1.29, 1.82) is 5.26 Å². The lowest BCUT2D eigenvalue weighted by molar-refractivity contribution is 0.218. The summed E-state index contributed by atoms with van der Waals surface area (Å²) in [5, 5.41) is 11.5. The molecular formula is C15H13FN2S. The first kappa shape index (κ1) is 12.3. The van der Waals surface area contributed by atoms with Gasteiger partial charge in [0, 0.05) is 18.0 Å². The van der Waals surface area contributed by atoms with E-state index in [2.05, 4.69) is 22.4 Å². The van der Waals surface area contributed by atoms with E-state index in [0.29, 0.717) is 0 Å². The third-order valence-corrected chi connectivity index (χ3v) is 4.53. The van der Waals surface area contributed by atoms with Crippen molar-refractivity contribution in [3.05, 3.63) is 57.5 Å². The van der Waals surface area contributed by atoms with Crippen LogP contribution in [0.25, 0.3) is 0 Å². The van der Waals surface area contributed by atoms with Crippen LogP contribution in [0.4, 0.5) is 4.39 Å². The summed E-state index contributed by atoms with van der Waals surface area (Å²) in [7, 11) is 0. The highest BCUT2D eigenvalue weighted by molar-refractivity contribution is 7.10. The van der Waals surface area contributed by atoms with Crippen LogP contribution in [0, 0.1) is 17.1 Å². The summed E-state index contributed by atoms with van der Waals surface area (Å²) in [6.45, 7) is 1.68. The van der Waals surface area contributed by atoms with Crippen molar-refractivity contribution in [2.45, 2.75) is 19.0 Å². The summed E-state index contributed by atoms with van der Waals surface area (Å²) >= 11 is 1.79. The average molecular weight is 272 g/mol. The van der Waals surface area contributed by atoms with Crippen LogP contribution in [0.5, 0.6) is 0 Å². The zero-order valence-corrected chi connectivity index (χ0v) is 11.2. The number of hydrogen-bond acceptors (Lipinski definition) is 3. The molecule has 0 N–H and O–H groups in total. The van der Waals surface area contributed by atoms with Gasteiger partial charge in [0.15, 0.2) is 0 Å². The molecule has 1 atom stereocenters. The Morgan fingerprint density at radius 2 is 2.05 bits per heavy atom. The van der Waals surface area contributed by atoms with Crippen molar-refractivity contribution < 1.29 is 4.39 Å². The second kappa shape index (κ2) is 5.12. The molecule has 0 fully saturated rings. The van der Waals surface area contributed by atoms with Gasteiger partial charge in [-0.15, -0.1) is 11.3 Å². The second-order valence-electron chi connectivity index (χ2n) is 4.67. The van der Waals surface area contributed by atoms with E-state index in [1.165, 1.54) is 22.6 Å². The summed E-state index contributed by atoms with van der Waals surface area (Å²) in [5.41, 5.74) is 2.18. The Hall–Kier alpha value is -1.70. The van der Waals surface area contributed by atoms with Crippen LogP contribution >= 0.6 is 11.3 Å². The van der Waals surface area contributed by atoms with Gasteiger partial charge in [0.25, 0.3) is 0 Å². The SMILES string of the molecule is N#C[C@H](c1ccc(F)cc1)N1CCc2sccc2C1. The van der Waals surface area contributed by atoms with Gasteiger partial charge in [-0.3, -0.25) is 4.90 Å². The normalized spacial score (nSPS) is 16.6. The highest BCUT2D eigenvalue weighted by Gasteiger charge is 2.25. The van der Waals surface area contributed by atoms with E-state index in [9.17, 15) is 9.65 Å². The van der Waals surface area contributed by atoms with E-state index < -0.39 is 0 Å². The Labute approximate surface area is 115 Å². The number of rotatable bonds is 2. The third-order valence-electron chi connectivity index (χ3n) is 3.51. The molecule has 0 bridgehead atoms. The number of nitrogens with zero attached hydrogens (tertiary/aromatic N) is 2. The number of benzene rings is 1. The molecule has 1 aliphatic rings. The highest BCUT2D eigenvalue weighted by Crippen LogP contribution is 2.30. The molecule has 0 saturated heterocycles. The van der Waals surface area contributed by atoms with Crippen molar-refractivity contribution >= 4 is 11.3 Å². The molecule has 19 heavy (non-hydrogen) atoms. The first-order chi connectivity index (χ1) is 9.28. The second-order valence-corrected chi connectivity index (χ2v) is 5.67. The number of halogens is 1. The van der Waals surface area contributed by atoms with Gasteiger partial charge in [0.05, 0.1) is 6.07 Å². The predicted octanol–water partition coefficient (Wildman–Crippen LogP) is 3.51. The molecule has 2 nitrogen and oxygen atoms in total. The number of fused-ring (bicyclic) bond motifs is 1. The van der Waals surface area contributed by atoms with Crippen LogP contribution in [-0.4, -0.2) is 11.4 Å². The smallest absolute Gasteiger partial charge is 0.124 e. The summed E-state index contributed by atoms with van der Waals surface area (Å²) in [6, 6.07) is 10.4. The van der Waals surface area contributed by atoms with Gasteiger partial charge in [-0.25, -0.2) is 4.39 Å². The van der Waals surface area contributed by atoms with Gasteiger partial charge in [-0.1, -0.05) is 12.1 Å². The van der Waals surface area contributed by atoms with Crippen molar-refractivity contribution in [3.8, 4) is 6.07 Å². The van der Waals surface area contributed by atoms with Crippen LogP contribution < -0.4 is 0 Å². The monoisotopic (exact) mass is 272 g/mol. The van der Waals surface area contributed by atoms with E-state index >= 15 is 0 Å². The molecule has 1 aromatic carbocycles. The topological polar surface area (TPSA) is 27.0 Å². The summed E-state index contributed by atoms with van der Waals surface area (Å²) in [6.07, 6.45) is 0.992. The van der Waals surface area contributed by atoms with E-state index in [-0.39, 0.29) is 11.9 Å². The Kier molecular flexibility index (Phi) is 3.33. The maximum absolute atomic E-state index is 13.0. The molecule has 0 spiro atoms. The van der Waals surface area contributed by atoms with E-state index in [4.69, 9.17) is 0 Å². The maximum Gasteiger partial charge on any atom is 0.124 e. The first-order valence-electron chi connectivity index (χ1n) is 6.22. The zero-order valence-electron chi connectivity index (χ0n) is 10.3. The molecule has 2 heterocycles. The largest absolute Gasteiger partial charge is 0.280 e. The lowest BCUT2D eigenvalue weighted by atomic mass is 10.0. The fourth-order valence-electron chi connectivity index (χ4n) is 2.50. The Morgan fingerprint density at radius 1 is 1.26 bits per heavy atom. The average Bonchev–Trinajstić information content (AvgIpc) is 2.89. The predicted molar refractivity (Wildman–Crippen MR) is 73.2 cm³/mol. The fourth-order valence-corrected chi connectivity index (χ4v) is 3.39. The molecule has 0 radical (unpaired) electrons. The lowest BCUT2D eigenvalue weighted by Crippen LogP contribution is -2.32. The molecule has 0 unspecified atom stereocenters. The molecule has 3 rings (SSSR count). The van der Waals surface area contributed by atoms with Crippen molar-refractivity contribution in [2.75, 3.05) is 6.54 Å². The molecule has 4 heteroatoms. The third kappa shape index (κ3) is 2.40. The van der Waals surface area contributed by atoms with Crippen molar-refractivity contribution in [2.24, 2.45) is 0 Å². The van der Waals surface area contributed by atoms with Crippen LogP contribution in [0.15, 0.2) is 35.7 Å². The van der Waals surface area contributed by atoms with Gasteiger partial charge >= 0.3 is 0 Å². The standard InChI is InChI=1S/C15H13FN2S/c16-13-3-1-11(2-4-13)14(9-17)18-7-5-15-12(10-18)6-8-19-15/h1-4,6,8,14H,5,7,10H2/t14-/m1/s1. The van der Waals surface area contributed by atoms with Crippen LogP contribution in [0.2, 0.25) is 0 Å². The summed E-state index contributed by atoms with van der Waals surface area (Å²) in [5.74, 6) is -0.265. The Morgan fingerprint density at radius 3 is 2.79 bits per heavy atom. The minimum Gasteiger partial charge on any atom is -0.280 e. The van der Waals surface area contributed by atoms with Gasteiger partial charge < -0.3 is 0 Å². The Balaban J connectivity index is 1.84. The van der Waals surface area contributed by atoms with E-state index in [0.717, 1.165) is 25.1 Å².